The topological polar surface area (TPSA) is 55.4 Å². The molecule has 0 spiro atoms. The average Bonchev–Trinajstić information content (AvgIpc) is 2.84. The Labute approximate surface area is 128 Å². The van der Waals surface area contributed by atoms with Crippen molar-refractivity contribution in [3.05, 3.63) is 59.1 Å². The number of hydrogen-bond donors (Lipinski definition) is 1. The summed E-state index contributed by atoms with van der Waals surface area (Å²) in [5.74, 6) is -0.131. The van der Waals surface area contributed by atoms with Gasteiger partial charge >= 0.3 is 5.76 Å². The predicted molar refractivity (Wildman–Crippen MR) is 86.8 cm³/mol. The van der Waals surface area contributed by atoms with Crippen molar-refractivity contribution in [2.75, 3.05) is 6.61 Å². The molecule has 3 rings (SSSR count). The number of hydrogen-bond acceptors (Lipinski definition) is 3. The van der Waals surface area contributed by atoms with E-state index in [9.17, 15) is 4.79 Å². The summed E-state index contributed by atoms with van der Waals surface area (Å²) in [5, 5.41) is 9.03. The number of benzene rings is 2. The molecule has 1 atom stereocenters. The first-order valence-electron chi connectivity index (χ1n) is 7.48. The Morgan fingerprint density at radius 1 is 1.14 bits per heavy atom. The van der Waals surface area contributed by atoms with Crippen molar-refractivity contribution in [3.63, 3.8) is 0 Å². The molecule has 0 aliphatic heterocycles. The maximum atomic E-state index is 12.1. The lowest BCUT2D eigenvalue weighted by Crippen LogP contribution is -2.19. The Balaban J connectivity index is 2.05. The van der Waals surface area contributed by atoms with Crippen LogP contribution >= 0.6 is 0 Å². The number of nitrogens with zero attached hydrogens (tertiary/aromatic N) is 1. The second-order valence-electron chi connectivity index (χ2n) is 5.64. The van der Waals surface area contributed by atoms with E-state index in [-0.39, 0.29) is 18.3 Å². The molecule has 1 heterocycles. The third-order valence-corrected chi connectivity index (χ3v) is 3.89. The van der Waals surface area contributed by atoms with Crippen molar-refractivity contribution in [2.45, 2.75) is 19.9 Å². The molecule has 114 valence electrons. The monoisotopic (exact) mass is 297 g/mol. The number of rotatable bonds is 5. The molecule has 0 amide bonds. The second-order valence-corrected chi connectivity index (χ2v) is 5.64. The van der Waals surface area contributed by atoms with Crippen LogP contribution in [0.15, 0.2) is 57.7 Å². The molecule has 1 aromatic heterocycles. The van der Waals surface area contributed by atoms with Crippen LogP contribution in [-0.2, 0) is 6.54 Å². The van der Waals surface area contributed by atoms with Crippen molar-refractivity contribution >= 4 is 11.1 Å². The first-order valence-corrected chi connectivity index (χ1v) is 7.48. The molecule has 0 saturated carbocycles. The Hall–Kier alpha value is -2.33. The smallest absolute Gasteiger partial charge is 0.408 e. The Morgan fingerprint density at radius 2 is 1.91 bits per heavy atom. The fourth-order valence-corrected chi connectivity index (χ4v) is 2.67. The third-order valence-electron chi connectivity index (χ3n) is 3.89. The molecule has 0 radical (unpaired) electrons. The van der Waals surface area contributed by atoms with Gasteiger partial charge in [-0.15, -0.1) is 0 Å². The van der Waals surface area contributed by atoms with Gasteiger partial charge in [0.1, 0.15) is 0 Å². The first kappa shape index (κ1) is 14.6. The maximum absolute atomic E-state index is 12.1. The minimum atomic E-state index is -0.343. The molecule has 0 fully saturated rings. The molecule has 22 heavy (non-hydrogen) atoms. The standard InChI is InChI=1S/C18H19NO3/c1-13(9-10-20)12-19-16-11-15(14-5-3-2-4-6-14)7-8-17(16)22-18(19)21/h2-8,11,13,20H,9-10,12H2,1H3. The van der Waals surface area contributed by atoms with E-state index in [2.05, 4.69) is 0 Å². The minimum Gasteiger partial charge on any atom is -0.408 e. The molecular weight excluding hydrogens is 278 g/mol. The van der Waals surface area contributed by atoms with Crippen LogP contribution in [0.3, 0.4) is 0 Å². The normalized spacial score (nSPS) is 12.6. The van der Waals surface area contributed by atoms with Gasteiger partial charge in [-0.1, -0.05) is 43.3 Å². The molecule has 1 unspecified atom stereocenters. The Bertz CT molecular complexity index is 817. The molecular formula is C18H19NO3. The van der Waals surface area contributed by atoms with Crippen molar-refractivity contribution in [3.8, 4) is 11.1 Å². The van der Waals surface area contributed by atoms with Crippen molar-refractivity contribution in [1.82, 2.24) is 4.57 Å². The predicted octanol–water partition coefficient (Wildman–Crippen LogP) is 3.28. The number of fused-ring (bicyclic) bond motifs is 1. The molecule has 0 aliphatic rings. The molecule has 4 nitrogen and oxygen atoms in total. The van der Waals surface area contributed by atoms with Crippen LogP contribution in [0.4, 0.5) is 0 Å². The van der Waals surface area contributed by atoms with E-state index in [1.807, 2.05) is 55.5 Å². The van der Waals surface area contributed by atoms with E-state index in [4.69, 9.17) is 9.52 Å². The van der Waals surface area contributed by atoms with E-state index in [1.54, 1.807) is 4.57 Å². The zero-order chi connectivity index (χ0) is 15.5. The Morgan fingerprint density at radius 3 is 2.64 bits per heavy atom. The summed E-state index contributed by atoms with van der Waals surface area (Å²) in [6.45, 7) is 2.69. The summed E-state index contributed by atoms with van der Waals surface area (Å²) in [6.07, 6.45) is 0.664. The van der Waals surface area contributed by atoms with Gasteiger partial charge in [0, 0.05) is 13.2 Å². The van der Waals surface area contributed by atoms with Gasteiger partial charge in [-0.05, 0) is 35.6 Å². The molecule has 3 aromatic rings. The highest BCUT2D eigenvalue weighted by Crippen LogP contribution is 2.24. The van der Waals surface area contributed by atoms with Gasteiger partial charge in [0.05, 0.1) is 5.52 Å². The van der Waals surface area contributed by atoms with Crippen molar-refractivity contribution in [1.29, 1.82) is 0 Å². The third kappa shape index (κ3) is 2.83. The quantitative estimate of drug-likeness (QED) is 0.786. The lowest BCUT2D eigenvalue weighted by atomic mass is 10.1. The summed E-state index contributed by atoms with van der Waals surface area (Å²) < 4.78 is 6.97. The van der Waals surface area contributed by atoms with Gasteiger partial charge in [0.2, 0.25) is 0 Å². The van der Waals surface area contributed by atoms with Crippen LogP contribution in [-0.4, -0.2) is 16.3 Å². The van der Waals surface area contributed by atoms with Gasteiger partial charge in [0.25, 0.3) is 0 Å². The number of aliphatic hydroxyl groups excluding tert-OH is 1. The van der Waals surface area contributed by atoms with Crippen LogP contribution in [0.2, 0.25) is 0 Å². The second kappa shape index (κ2) is 6.20. The lowest BCUT2D eigenvalue weighted by Gasteiger charge is -2.10. The highest BCUT2D eigenvalue weighted by atomic mass is 16.4. The average molecular weight is 297 g/mol. The van der Waals surface area contributed by atoms with Gasteiger partial charge < -0.3 is 9.52 Å². The SMILES string of the molecule is CC(CCO)Cn1c(=O)oc2ccc(-c3ccccc3)cc21. The highest BCUT2D eigenvalue weighted by molar-refractivity contribution is 5.80. The zero-order valence-electron chi connectivity index (χ0n) is 12.5. The first-order chi connectivity index (χ1) is 10.7. The van der Waals surface area contributed by atoms with Crippen LogP contribution in [0.5, 0.6) is 0 Å². The maximum Gasteiger partial charge on any atom is 0.419 e. The molecule has 2 aromatic carbocycles. The van der Waals surface area contributed by atoms with Gasteiger partial charge in [-0.25, -0.2) is 4.79 Å². The fourth-order valence-electron chi connectivity index (χ4n) is 2.67. The number of aromatic nitrogens is 1. The van der Waals surface area contributed by atoms with E-state index >= 15 is 0 Å². The highest BCUT2D eigenvalue weighted by Gasteiger charge is 2.13. The van der Waals surface area contributed by atoms with Crippen LogP contribution in [0.25, 0.3) is 22.2 Å². The van der Waals surface area contributed by atoms with E-state index in [0.717, 1.165) is 16.6 Å². The van der Waals surface area contributed by atoms with Crippen LogP contribution < -0.4 is 5.76 Å². The van der Waals surface area contributed by atoms with E-state index in [1.165, 1.54) is 0 Å². The molecule has 4 heteroatoms. The molecule has 0 aliphatic carbocycles. The zero-order valence-corrected chi connectivity index (χ0v) is 12.5. The summed E-state index contributed by atoms with van der Waals surface area (Å²) in [7, 11) is 0. The van der Waals surface area contributed by atoms with Gasteiger partial charge in [0.15, 0.2) is 5.58 Å². The fraction of sp³-hybridized carbons (Fsp3) is 0.278. The van der Waals surface area contributed by atoms with Crippen LogP contribution in [0, 0.1) is 5.92 Å². The Kier molecular flexibility index (Phi) is 4.11. The van der Waals surface area contributed by atoms with E-state index in [0.29, 0.717) is 18.5 Å². The van der Waals surface area contributed by atoms with Crippen molar-refractivity contribution in [2.24, 2.45) is 5.92 Å². The summed E-state index contributed by atoms with van der Waals surface area (Å²) in [4.78, 5) is 12.1. The lowest BCUT2D eigenvalue weighted by molar-refractivity contribution is 0.252. The van der Waals surface area contributed by atoms with E-state index < -0.39 is 0 Å². The van der Waals surface area contributed by atoms with Gasteiger partial charge in [-0.2, -0.15) is 0 Å². The summed E-state index contributed by atoms with van der Waals surface area (Å²) >= 11 is 0. The van der Waals surface area contributed by atoms with Crippen LogP contribution in [0.1, 0.15) is 13.3 Å². The number of oxazole rings is 1. The minimum absolute atomic E-state index is 0.126. The number of aliphatic hydroxyl groups is 1. The largest absolute Gasteiger partial charge is 0.419 e. The summed E-state index contributed by atoms with van der Waals surface area (Å²) in [5.41, 5.74) is 3.56. The van der Waals surface area contributed by atoms with Gasteiger partial charge in [-0.3, -0.25) is 4.57 Å². The molecule has 1 N–H and O–H groups in total. The summed E-state index contributed by atoms with van der Waals surface area (Å²) in [6, 6.07) is 15.8. The molecule has 0 bridgehead atoms. The van der Waals surface area contributed by atoms with Crippen molar-refractivity contribution < 1.29 is 9.52 Å². The molecule has 0 saturated heterocycles.